The molecule has 1 aliphatic heterocycles. The maximum absolute atomic E-state index is 4.45. The standard InChI is InChI=1S/C20H27N3S/c1-17-15-23(16-18-7-5-6-11-21-18)13-10-20(17)22-12-14-24-19-8-3-2-4-9-19/h2-9,11,17,20,22H,10,12-16H2,1H3/t17-,20+/m1/s1. The molecule has 2 aromatic rings. The number of rotatable bonds is 7. The van der Waals surface area contributed by atoms with Crippen LogP contribution in [0.4, 0.5) is 0 Å². The largest absolute Gasteiger partial charge is 0.313 e. The van der Waals surface area contributed by atoms with E-state index < -0.39 is 0 Å². The SMILES string of the molecule is C[C@@H]1CN(Cc2ccccn2)CC[C@@H]1NCCSc1ccccc1. The van der Waals surface area contributed by atoms with Crippen molar-refractivity contribution in [3.63, 3.8) is 0 Å². The summed E-state index contributed by atoms with van der Waals surface area (Å²) in [6, 6.07) is 17.5. The predicted octanol–water partition coefficient (Wildman–Crippen LogP) is 3.67. The second-order valence-electron chi connectivity index (χ2n) is 6.54. The third-order valence-corrected chi connectivity index (χ3v) is 5.64. The summed E-state index contributed by atoms with van der Waals surface area (Å²) in [7, 11) is 0. The average molecular weight is 342 g/mol. The number of nitrogens with zero attached hydrogens (tertiary/aromatic N) is 2. The number of thioether (sulfide) groups is 1. The fourth-order valence-corrected chi connectivity index (χ4v) is 4.13. The van der Waals surface area contributed by atoms with Crippen molar-refractivity contribution in [2.75, 3.05) is 25.4 Å². The minimum Gasteiger partial charge on any atom is -0.313 e. The van der Waals surface area contributed by atoms with Crippen molar-refractivity contribution in [2.45, 2.75) is 30.8 Å². The Balaban J connectivity index is 1.36. The van der Waals surface area contributed by atoms with Gasteiger partial charge in [0.15, 0.2) is 0 Å². The molecule has 1 N–H and O–H groups in total. The van der Waals surface area contributed by atoms with Crippen LogP contribution in [0.15, 0.2) is 59.6 Å². The number of nitrogens with one attached hydrogen (secondary N) is 1. The maximum Gasteiger partial charge on any atom is 0.0543 e. The minimum absolute atomic E-state index is 0.640. The zero-order valence-corrected chi connectivity index (χ0v) is 15.2. The first-order chi connectivity index (χ1) is 11.8. The van der Waals surface area contributed by atoms with Gasteiger partial charge in [0.05, 0.1) is 5.69 Å². The van der Waals surface area contributed by atoms with E-state index in [1.54, 1.807) is 0 Å². The van der Waals surface area contributed by atoms with Crippen LogP contribution in [0.2, 0.25) is 0 Å². The molecular weight excluding hydrogens is 314 g/mol. The first kappa shape index (κ1) is 17.5. The van der Waals surface area contributed by atoms with Crippen LogP contribution in [0, 0.1) is 5.92 Å². The van der Waals surface area contributed by atoms with Crippen LogP contribution >= 0.6 is 11.8 Å². The Hall–Kier alpha value is -1.36. The molecule has 1 fully saturated rings. The lowest BCUT2D eigenvalue weighted by molar-refractivity contribution is 0.141. The summed E-state index contributed by atoms with van der Waals surface area (Å²) >= 11 is 1.93. The summed E-state index contributed by atoms with van der Waals surface area (Å²) in [5, 5.41) is 3.76. The van der Waals surface area contributed by atoms with E-state index in [2.05, 4.69) is 64.6 Å². The lowest BCUT2D eigenvalue weighted by Crippen LogP contribution is -2.48. The summed E-state index contributed by atoms with van der Waals surface area (Å²) in [5.41, 5.74) is 1.18. The molecule has 0 aliphatic carbocycles. The Kier molecular flexibility index (Phi) is 6.70. The number of hydrogen-bond donors (Lipinski definition) is 1. The van der Waals surface area contributed by atoms with Gasteiger partial charge in [-0.2, -0.15) is 0 Å². The van der Waals surface area contributed by atoms with Gasteiger partial charge in [0.1, 0.15) is 0 Å². The minimum atomic E-state index is 0.640. The number of hydrogen-bond acceptors (Lipinski definition) is 4. The van der Waals surface area contributed by atoms with E-state index in [9.17, 15) is 0 Å². The zero-order chi connectivity index (χ0) is 16.6. The molecule has 4 heteroatoms. The summed E-state index contributed by atoms with van der Waals surface area (Å²) in [4.78, 5) is 8.34. The second-order valence-corrected chi connectivity index (χ2v) is 7.71. The topological polar surface area (TPSA) is 28.2 Å². The van der Waals surface area contributed by atoms with Gasteiger partial charge in [0, 0.05) is 49.1 Å². The van der Waals surface area contributed by atoms with E-state index in [4.69, 9.17) is 0 Å². The van der Waals surface area contributed by atoms with Crippen molar-refractivity contribution in [3.8, 4) is 0 Å². The molecule has 1 saturated heterocycles. The molecule has 2 heterocycles. The van der Waals surface area contributed by atoms with Crippen LogP contribution in [-0.2, 0) is 6.54 Å². The van der Waals surface area contributed by atoms with Gasteiger partial charge in [-0.3, -0.25) is 9.88 Å². The monoisotopic (exact) mass is 341 g/mol. The molecule has 1 aromatic carbocycles. The fraction of sp³-hybridized carbons (Fsp3) is 0.450. The molecule has 0 unspecified atom stereocenters. The van der Waals surface area contributed by atoms with Crippen LogP contribution in [0.1, 0.15) is 19.0 Å². The highest BCUT2D eigenvalue weighted by Crippen LogP contribution is 2.19. The van der Waals surface area contributed by atoms with Gasteiger partial charge >= 0.3 is 0 Å². The first-order valence-corrected chi connectivity index (χ1v) is 9.83. The van der Waals surface area contributed by atoms with Gasteiger partial charge in [-0.05, 0) is 36.6 Å². The van der Waals surface area contributed by atoms with E-state index >= 15 is 0 Å². The highest BCUT2D eigenvalue weighted by atomic mass is 32.2. The number of pyridine rings is 1. The average Bonchev–Trinajstić information content (AvgIpc) is 2.62. The highest BCUT2D eigenvalue weighted by Gasteiger charge is 2.25. The predicted molar refractivity (Wildman–Crippen MR) is 102 cm³/mol. The van der Waals surface area contributed by atoms with Gasteiger partial charge in [-0.1, -0.05) is 31.2 Å². The number of likely N-dealkylation sites (tertiary alicyclic amines) is 1. The van der Waals surface area contributed by atoms with E-state index in [-0.39, 0.29) is 0 Å². The summed E-state index contributed by atoms with van der Waals surface area (Å²) in [5.74, 6) is 1.81. The maximum atomic E-state index is 4.45. The molecule has 0 amide bonds. The van der Waals surface area contributed by atoms with Crippen molar-refractivity contribution in [3.05, 3.63) is 60.4 Å². The third kappa shape index (κ3) is 5.33. The van der Waals surface area contributed by atoms with Crippen molar-refractivity contribution >= 4 is 11.8 Å². The van der Waals surface area contributed by atoms with E-state index in [0.717, 1.165) is 31.9 Å². The van der Waals surface area contributed by atoms with Gasteiger partial charge in [-0.15, -0.1) is 11.8 Å². The highest BCUT2D eigenvalue weighted by molar-refractivity contribution is 7.99. The number of aromatic nitrogens is 1. The molecule has 0 radical (unpaired) electrons. The second kappa shape index (κ2) is 9.21. The van der Waals surface area contributed by atoms with Crippen LogP contribution in [0.3, 0.4) is 0 Å². The molecule has 128 valence electrons. The number of benzene rings is 1. The van der Waals surface area contributed by atoms with Crippen molar-refractivity contribution in [1.29, 1.82) is 0 Å². The Morgan fingerprint density at radius 1 is 1.17 bits per heavy atom. The van der Waals surface area contributed by atoms with Crippen molar-refractivity contribution in [1.82, 2.24) is 15.2 Å². The van der Waals surface area contributed by atoms with Gasteiger partial charge in [0.25, 0.3) is 0 Å². The van der Waals surface area contributed by atoms with Gasteiger partial charge in [-0.25, -0.2) is 0 Å². The Morgan fingerprint density at radius 3 is 2.75 bits per heavy atom. The molecule has 1 aromatic heterocycles. The molecule has 24 heavy (non-hydrogen) atoms. The lowest BCUT2D eigenvalue weighted by atomic mass is 9.93. The smallest absolute Gasteiger partial charge is 0.0543 e. The molecule has 0 bridgehead atoms. The van der Waals surface area contributed by atoms with Crippen LogP contribution < -0.4 is 5.32 Å². The van der Waals surface area contributed by atoms with Crippen molar-refractivity contribution < 1.29 is 0 Å². The molecule has 1 aliphatic rings. The quantitative estimate of drug-likeness (QED) is 0.614. The molecule has 0 spiro atoms. The van der Waals surface area contributed by atoms with Gasteiger partial charge in [0.2, 0.25) is 0 Å². The number of piperidine rings is 1. The normalized spacial score (nSPS) is 21.7. The molecule has 3 nitrogen and oxygen atoms in total. The molecule has 3 rings (SSSR count). The van der Waals surface area contributed by atoms with Gasteiger partial charge < -0.3 is 5.32 Å². The summed E-state index contributed by atoms with van der Waals surface area (Å²) in [6.45, 7) is 6.73. The molecule has 0 saturated carbocycles. The first-order valence-electron chi connectivity index (χ1n) is 8.85. The molecular formula is C20H27N3S. The Bertz CT molecular complexity index is 588. The summed E-state index contributed by atoms with van der Waals surface area (Å²) < 4.78 is 0. The van der Waals surface area contributed by atoms with Crippen molar-refractivity contribution in [2.24, 2.45) is 5.92 Å². The van der Waals surface area contributed by atoms with Crippen LogP contribution in [-0.4, -0.2) is 41.3 Å². The van der Waals surface area contributed by atoms with E-state index in [1.807, 2.05) is 24.0 Å². The van der Waals surface area contributed by atoms with Crippen LogP contribution in [0.25, 0.3) is 0 Å². The zero-order valence-electron chi connectivity index (χ0n) is 14.4. The fourth-order valence-electron chi connectivity index (χ4n) is 3.33. The summed E-state index contributed by atoms with van der Waals surface area (Å²) in [6.07, 6.45) is 3.11. The Morgan fingerprint density at radius 2 is 2.00 bits per heavy atom. The Labute approximate surface area is 149 Å². The van der Waals surface area contributed by atoms with Crippen LogP contribution in [0.5, 0.6) is 0 Å². The third-order valence-electron chi connectivity index (χ3n) is 4.62. The van der Waals surface area contributed by atoms with E-state index in [1.165, 1.54) is 17.0 Å². The van der Waals surface area contributed by atoms with E-state index in [0.29, 0.717) is 12.0 Å². The molecule has 2 atom stereocenters. The lowest BCUT2D eigenvalue weighted by Gasteiger charge is -2.37.